The minimum absolute atomic E-state index is 0.0570. The van der Waals surface area contributed by atoms with Crippen molar-refractivity contribution < 1.29 is 9.59 Å². The second kappa shape index (κ2) is 8.11. The van der Waals surface area contributed by atoms with Gasteiger partial charge in [0.2, 0.25) is 0 Å². The topological polar surface area (TPSA) is 76.0 Å². The molecule has 2 aliphatic rings. The average molecular weight is 467 g/mol. The summed E-state index contributed by atoms with van der Waals surface area (Å²) in [6.07, 6.45) is 3.46. The van der Waals surface area contributed by atoms with Crippen LogP contribution >= 0.6 is 23.2 Å². The van der Waals surface area contributed by atoms with Gasteiger partial charge in [0, 0.05) is 39.0 Å². The molecule has 1 unspecified atom stereocenters. The number of aromatic nitrogens is 2. The van der Waals surface area contributed by atoms with Crippen molar-refractivity contribution in [2.45, 2.75) is 32.2 Å². The van der Waals surface area contributed by atoms with Gasteiger partial charge in [-0.25, -0.2) is 4.68 Å². The van der Waals surface area contributed by atoms with Crippen LogP contribution in [0.2, 0.25) is 10.0 Å². The van der Waals surface area contributed by atoms with E-state index >= 15 is 0 Å². The van der Waals surface area contributed by atoms with Crippen molar-refractivity contribution in [3.05, 3.63) is 86.7 Å². The highest BCUT2D eigenvalue weighted by Crippen LogP contribution is 2.43. The molecule has 2 N–H and O–H groups in total. The summed E-state index contributed by atoms with van der Waals surface area (Å²) < 4.78 is 1.67. The number of Topliss-reactive ketones (excluding diaryl/α,β-unsaturated/α-hetero) is 1. The van der Waals surface area contributed by atoms with E-state index in [2.05, 4.69) is 15.7 Å². The number of anilines is 2. The first-order valence-corrected chi connectivity index (χ1v) is 11.1. The summed E-state index contributed by atoms with van der Waals surface area (Å²) in [7, 11) is 0. The number of fused-ring (bicyclic) bond motifs is 1. The monoisotopic (exact) mass is 466 g/mol. The van der Waals surface area contributed by atoms with Gasteiger partial charge in [0.05, 0.1) is 6.20 Å². The molecule has 1 aliphatic carbocycles. The largest absolute Gasteiger partial charge is 0.343 e. The number of hydrogen-bond acceptors (Lipinski definition) is 4. The molecule has 0 spiro atoms. The van der Waals surface area contributed by atoms with Gasteiger partial charge in [-0.15, -0.1) is 0 Å². The van der Waals surface area contributed by atoms with Gasteiger partial charge in [-0.2, -0.15) is 5.10 Å². The molecule has 3 aromatic rings. The van der Waals surface area contributed by atoms with E-state index in [0.717, 1.165) is 23.2 Å². The van der Waals surface area contributed by atoms with Crippen LogP contribution in [0, 0.1) is 6.92 Å². The summed E-state index contributed by atoms with van der Waals surface area (Å²) in [4.78, 5) is 26.0. The van der Waals surface area contributed by atoms with Crippen molar-refractivity contribution in [2.24, 2.45) is 0 Å². The lowest BCUT2D eigenvalue weighted by atomic mass is 9.85. The molecule has 1 amide bonds. The van der Waals surface area contributed by atoms with Crippen molar-refractivity contribution in [3.63, 3.8) is 0 Å². The van der Waals surface area contributed by atoms with Crippen LogP contribution in [0.15, 0.2) is 59.9 Å². The summed E-state index contributed by atoms with van der Waals surface area (Å²) >= 11 is 12.6. The average Bonchev–Trinajstić information content (AvgIpc) is 3.18. The van der Waals surface area contributed by atoms with Crippen molar-refractivity contribution in [1.29, 1.82) is 0 Å². The van der Waals surface area contributed by atoms with Gasteiger partial charge in [-0.3, -0.25) is 9.59 Å². The van der Waals surface area contributed by atoms with E-state index < -0.39 is 6.04 Å². The summed E-state index contributed by atoms with van der Waals surface area (Å²) in [5, 5.41) is 11.7. The van der Waals surface area contributed by atoms with E-state index in [-0.39, 0.29) is 11.7 Å². The van der Waals surface area contributed by atoms with E-state index in [9.17, 15) is 9.59 Å². The zero-order chi connectivity index (χ0) is 22.4. The lowest BCUT2D eigenvalue weighted by Crippen LogP contribution is -2.32. The number of nitrogens with zero attached hydrogens (tertiary/aromatic N) is 2. The van der Waals surface area contributed by atoms with E-state index in [1.165, 1.54) is 6.20 Å². The van der Waals surface area contributed by atoms with Crippen LogP contribution in [0.1, 0.15) is 46.8 Å². The molecule has 6 nitrogen and oxygen atoms in total. The van der Waals surface area contributed by atoms with Gasteiger partial charge < -0.3 is 10.6 Å². The van der Waals surface area contributed by atoms with E-state index in [1.54, 1.807) is 16.8 Å². The number of aryl methyl sites for hydroxylation is 1. The molecule has 1 aliphatic heterocycles. The molecule has 32 heavy (non-hydrogen) atoms. The molecule has 2 aromatic carbocycles. The van der Waals surface area contributed by atoms with Crippen LogP contribution in [0.4, 0.5) is 11.5 Å². The molecule has 1 atom stereocenters. The van der Waals surface area contributed by atoms with Gasteiger partial charge in [-0.1, -0.05) is 47.0 Å². The number of allylic oxidation sites excluding steroid dienone is 2. The van der Waals surface area contributed by atoms with Crippen molar-refractivity contribution >= 4 is 46.4 Å². The van der Waals surface area contributed by atoms with E-state index in [4.69, 9.17) is 23.2 Å². The van der Waals surface area contributed by atoms with Gasteiger partial charge in [0.1, 0.15) is 17.4 Å². The van der Waals surface area contributed by atoms with Crippen molar-refractivity contribution in [1.82, 2.24) is 9.78 Å². The smallest absolute Gasteiger partial charge is 0.261 e. The Hall–Kier alpha value is -3.09. The Morgan fingerprint density at radius 1 is 1.16 bits per heavy atom. The maximum absolute atomic E-state index is 13.1. The third kappa shape index (κ3) is 3.59. The highest BCUT2D eigenvalue weighted by atomic mass is 35.5. The molecule has 1 aromatic heterocycles. The Bertz CT molecular complexity index is 1280. The Balaban J connectivity index is 1.59. The van der Waals surface area contributed by atoms with Gasteiger partial charge in [-0.05, 0) is 44.0 Å². The van der Waals surface area contributed by atoms with Crippen molar-refractivity contribution in [2.75, 3.05) is 10.6 Å². The molecule has 0 fully saturated rings. The predicted molar refractivity (Wildman–Crippen MR) is 125 cm³/mol. The summed E-state index contributed by atoms with van der Waals surface area (Å²) in [6, 6.07) is 12.3. The fourth-order valence-electron chi connectivity index (χ4n) is 4.27. The molecule has 0 radical (unpaired) electrons. The van der Waals surface area contributed by atoms with Gasteiger partial charge in [0.25, 0.3) is 5.91 Å². The number of carbonyl (C=O) groups excluding carboxylic acids is 2. The van der Waals surface area contributed by atoms with Crippen LogP contribution in [0.5, 0.6) is 0 Å². The van der Waals surface area contributed by atoms with Crippen molar-refractivity contribution in [3.8, 4) is 0 Å². The van der Waals surface area contributed by atoms with Crippen LogP contribution in [0.3, 0.4) is 0 Å². The second-order valence-corrected chi connectivity index (χ2v) is 8.88. The van der Waals surface area contributed by atoms with E-state index in [0.29, 0.717) is 45.5 Å². The second-order valence-electron chi connectivity index (χ2n) is 8.03. The fraction of sp³-hybridized carbons (Fsp3) is 0.208. The highest BCUT2D eigenvalue weighted by Gasteiger charge is 2.38. The number of ketones is 1. The Morgan fingerprint density at radius 3 is 2.69 bits per heavy atom. The summed E-state index contributed by atoms with van der Waals surface area (Å²) in [5.74, 6) is 0.315. The quantitative estimate of drug-likeness (QED) is 0.513. The van der Waals surface area contributed by atoms with Crippen LogP contribution in [-0.4, -0.2) is 21.5 Å². The third-order valence-corrected chi connectivity index (χ3v) is 6.41. The normalized spacial score (nSPS) is 17.5. The molecule has 162 valence electrons. The SMILES string of the molecule is Cc1ccc(NC(=O)c2cnn3c2NC2=C(C(=O)CCC2)C3c2ccc(Cl)cc2Cl)cc1. The Morgan fingerprint density at radius 2 is 1.94 bits per heavy atom. The Kier molecular flexibility index (Phi) is 5.27. The van der Waals surface area contributed by atoms with Crippen LogP contribution in [-0.2, 0) is 4.79 Å². The first-order valence-electron chi connectivity index (χ1n) is 10.4. The molecular formula is C24H20Cl2N4O2. The first-order chi connectivity index (χ1) is 15.4. The number of benzene rings is 2. The first kappa shape index (κ1) is 20.8. The van der Waals surface area contributed by atoms with Gasteiger partial charge in [0.15, 0.2) is 5.78 Å². The minimum atomic E-state index is -0.528. The molecule has 0 saturated carbocycles. The number of amides is 1. The summed E-state index contributed by atoms with van der Waals surface area (Å²) in [6.45, 7) is 1.99. The fourth-order valence-corrected chi connectivity index (χ4v) is 4.78. The zero-order valence-corrected chi connectivity index (χ0v) is 18.8. The number of nitrogens with one attached hydrogen (secondary N) is 2. The molecule has 2 heterocycles. The van der Waals surface area contributed by atoms with E-state index in [1.807, 2.05) is 37.3 Å². The number of carbonyl (C=O) groups is 2. The molecule has 8 heteroatoms. The minimum Gasteiger partial charge on any atom is -0.343 e. The molecular weight excluding hydrogens is 447 g/mol. The number of halogens is 2. The van der Waals surface area contributed by atoms with Crippen LogP contribution < -0.4 is 10.6 Å². The maximum Gasteiger partial charge on any atom is 0.261 e. The molecule has 0 bridgehead atoms. The summed E-state index contributed by atoms with van der Waals surface area (Å²) in [5.41, 5.74) is 4.37. The standard InChI is InChI=1S/C24H20Cl2N4O2/c1-13-5-8-15(9-6-13)28-24(32)17-12-27-30-22(16-10-7-14(25)11-18(16)26)21-19(29-23(17)30)3-2-4-20(21)31/h5-12,22,29H,2-4H2,1H3,(H,28,32). The zero-order valence-electron chi connectivity index (χ0n) is 17.3. The number of rotatable bonds is 3. The lowest BCUT2D eigenvalue weighted by molar-refractivity contribution is -0.116. The maximum atomic E-state index is 13.1. The lowest BCUT2D eigenvalue weighted by Gasteiger charge is -2.33. The molecule has 0 saturated heterocycles. The van der Waals surface area contributed by atoms with Gasteiger partial charge >= 0.3 is 0 Å². The highest BCUT2D eigenvalue weighted by molar-refractivity contribution is 6.35. The Labute approximate surface area is 195 Å². The molecule has 5 rings (SSSR count). The number of hydrogen-bond donors (Lipinski definition) is 2. The third-order valence-electron chi connectivity index (χ3n) is 5.85. The predicted octanol–water partition coefficient (Wildman–Crippen LogP) is 5.77. The van der Waals surface area contributed by atoms with Crippen LogP contribution in [0.25, 0.3) is 0 Å².